The van der Waals surface area contributed by atoms with E-state index < -0.39 is 0 Å². The number of nitrogen functional groups attached to an aromatic ring is 1. The smallest absolute Gasteiger partial charge is 0.142 e. The third-order valence-electron chi connectivity index (χ3n) is 4.67. The molecule has 1 atom stereocenters. The van der Waals surface area contributed by atoms with Gasteiger partial charge in [-0.1, -0.05) is 0 Å². The molecule has 0 radical (unpaired) electrons. The molecule has 126 valence electrons. The lowest BCUT2D eigenvalue weighted by Gasteiger charge is -2.36. The van der Waals surface area contributed by atoms with Crippen molar-refractivity contribution in [2.45, 2.75) is 52.1 Å². The Labute approximate surface area is 146 Å². The fourth-order valence-corrected chi connectivity index (χ4v) is 4.43. The number of ether oxygens (including phenoxy) is 1. The van der Waals surface area contributed by atoms with Gasteiger partial charge in [-0.3, -0.25) is 0 Å². The van der Waals surface area contributed by atoms with Gasteiger partial charge in [-0.15, -0.1) is 11.3 Å². The molecule has 1 unspecified atom stereocenters. The summed E-state index contributed by atoms with van der Waals surface area (Å²) in [5.41, 5.74) is 12.1. The molecule has 6 heteroatoms. The van der Waals surface area contributed by atoms with Crippen molar-refractivity contribution in [1.82, 2.24) is 9.97 Å². The second-order valence-corrected chi connectivity index (χ2v) is 7.79. The van der Waals surface area contributed by atoms with E-state index in [1.54, 1.807) is 5.51 Å². The molecule has 24 heavy (non-hydrogen) atoms. The summed E-state index contributed by atoms with van der Waals surface area (Å²) in [5, 5.41) is 9.59. The third kappa shape index (κ3) is 2.90. The number of anilines is 1. The molecule has 0 aromatic carbocycles. The van der Waals surface area contributed by atoms with E-state index >= 15 is 0 Å². The van der Waals surface area contributed by atoms with Crippen molar-refractivity contribution in [3.63, 3.8) is 0 Å². The number of thiazole rings is 1. The fourth-order valence-electron chi connectivity index (χ4n) is 3.51. The summed E-state index contributed by atoms with van der Waals surface area (Å²) in [6, 6.07) is 2.23. The zero-order valence-electron chi connectivity index (χ0n) is 14.5. The highest BCUT2D eigenvalue weighted by molar-refractivity contribution is 7.13. The van der Waals surface area contributed by atoms with Crippen LogP contribution >= 0.6 is 11.3 Å². The van der Waals surface area contributed by atoms with E-state index in [1.807, 2.05) is 13.8 Å². The maximum Gasteiger partial charge on any atom is 0.142 e. The Hall–Kier alpha value is -1.97. The Kier molecular flexibility index (Phi) is 4.33. The molecule has 1 fully saturated rings. The predicted molar refractivity (Wildman–Crippen MR) is 96.0 cm³/mol. The first-order valence-corrected chi connectivity index (χ1v) is 8.96. The summed E-state index contributed by atoms with van der Waals surface area (Å²) in [6.45, 7) is 8.93. The fraction of sp³-hybridized carbons (Fsp3) is 0.500. The van der Waals surface area contributed by atoms with Crippen LogP contribution in [0.3, 0.4) is 0 Å². The van der Waals surface area contributed by atoms with Crippen molar-refractivity contribution in [2.24, 2.45) is 0 Å². The number of aromatic nitrogens is 2. The molecule has 0 bridgehead atoms. The molecule has 0 saturated carbocycles. The highest BCUT2D eigenvalue weighted by atomic mass is 32.1. The highest BCUT2D eigenvalue weighted by Gasteiger charge is 2.33. The molecule has 2 N–H and O–H groups in total. The molecule has 3 heterocycles. The molecular weight excluding hydrogens is 320 g/mol. The number of hydrogen-bond acceptors (Lipinski definition) is 6. The van der Waals surface area contributed by atoms with Crippen molar-refractivity contribution < 1.29 is 4.74 Å². The van der Waals surface area contributed by atoms with E-state index in [1.165, 1.54) is 11.3 Å². The van der Waals surface area contributed by atoms with Gasteiger partial charge in [0.1, 0.15) is 17.5 Å². The first kappa shape index (κ1) is 16.9. The average Bonchev–Trinajstić information content (AvgIpc) is 2.93. The van der Waals surface area contributed by atoms with Crippen LogP contribution in [0, 0.1) is 25.2 Å². The van der Waals surface area contributed by atoms with Crippen molar-refractivity contribution in [3.05, 3.63) is 28.0 Å². The van der Waals surface area contributed by atoms with Crippen LogP contribution in [0.15, 0.2) is 5.51 Å². The van der Waals surface area contributed by atoms with Crippen LogP contribution in [0.4, 0.5) is 5.82 Å². The largest absolute Gasteiger partial charge is 0.383 e. The molecule has 1 saturated heterocycles. The first-order chi connectivity index (χ1) is 11.3. The SMILES string of the molecule is Cc1ncsc1-c1c(C)c(C2CCOC(C)(C)C2)nc(N)c1C#N. The van der Waals surface area contributed by atoms with E-state index in [0.717, 1.165) is 40.2 Å². The number of pyridine rings is 1. The van der Waals surface area contributed by atoms with E-state index in [4.69, 9.17) is 10.5 Å². The van der Waals surface area contributed by atoms with Gasteiger partial charge in [0.2, 0.25) is 0 Å². The first-order valence-electron chi connectivity index (χ1n) is 8.08. The van der Waals surface area contributed by atoms with Gasteiger partial charge in [0.25, 0.3) is 0 Å². The maximum atomic E-state index is 9.59. The van der Waals surface area contributed by atoms with Gasteiger partial charge in [-0.2, -0.15) is 5.26 Å². The van der Waals surface area contributed by atoms with Gasteiger partial charge >= 0.3 is 0 Å². The summed E-state index contributed by atoms with van der Waals surface area (Å²) in [5.74, 6) is 0.598. The summed E-state index contributed by atoms with van der Waals surface area (Å²) in [4.78, 5) is 9.95. The van der Waals surface area contributed by atoms with E-state index in [-0.39, 0.29) is 11.5 Å². The topological polar surface area (TPSA) is 84.8 Å². The standard InChI is InChI=1S/C18H22N4OS/c1-10-14(16-11(2)21-9-24-16)13(8-19)17(20)22-15(10)12-5-6-23-18(3,4)7-12/h9,12H,5-7H2,1-4H3,(H2,20,22). The monoisotopic (exact) mass is 342 g/mol. The lowest BCUT2D eigenvalue weighted by atomic mass is 9.83. The van der Waals surface area contributed by atoms with Gasteiger partial charge < -0.3 is 10.5 Å². The normalized spacial score (nSPS) is 19.9. The Morgan fingerprint density at radius 2 is 2.17 bits per heavy atom. The number of rotatable bonds is 2. The second-order valence-electron chi connectivity index (χ2n) is 6.93. The minimum absolute atomic E-state index is 0.166. The predicted octanol–water partition coefficient (Wildman–Crippen LogP) is 3.95. The molecular formula is C18H22N4OS. The molecule has 5 nitrogen and oxygen atoms in total. The van der Waals surface area contributed by atoms with Gasteiger partial charge in [-0.05, 0) is 46.1 Å². The summed E-state index contributed by atoms with van der Waals surface area (Å²) in [7, 11) is 0. The van der Waals surface area contributed by atoms with E-state index in [2.05, 4.69) is 29.9 Å². The van der Waals surface area contributed by atoms with Gasteiger partial charge in [0.15, 0.2) is 0 Å². The van der Waals surface area contributed by atoms with Gasteiger partial charge in [0, 0.05) is 23.8 Å². The lowest BCUT2D eigenvalue weighted by Crippen LogP contribution is -2.33. The van der Waals surface area contributed by atoms with Crippen LogP contribution < -0.4 is 5.73 Å². The third-order valence-corrected chi connectivity index (χ3v) is 5.62. The quantitative estimate of drug-likeness (QED) is 0.893. The second kappa shape index (κ2) is 6.15. The van der Waals surface area contributed by atoms with Gasteiger partial charge in [0.05, 0.1) is 21.7 Å². The number of nitrogens with two attached hydrogens (primary N) is 1. The Morgan fingerprint density at radius 3 is 2.75 bits per heavy atom. The molecule has 1 aliphatic heterocycles. The molecule has 3 rings (SSSR count). The molecule has 2 aromatic heterocycles. The molecule has 1 aliphatic rings. The minimum atomic E-state index is -0.166. The average molecular weight is 342 g/mol. The summed E-state index contributed by atoms with van der Waals surface area (Å²) >= 11 is 1.54. The van der Waals surface area contributed by atoms with Crippen LogP contribution in [0.25, 0.3) is 10.4 Å². The molecule has 2 aromatic rings. The lowest BCUT2D eigenvalue weighted by molar-refractivity contribution is -0.0598. The number of hydrogen-bond donors (Lipinski definition) is 1. The molecule has 0 amide bonds. The Bertz CT molecular complexity index is 819. The maximum absolute atomic E-state index is 9.59. The van der Waals surface area contributed by atoms with E-state index in [0.29, 0.717) is 18.0 Å². The summed E-state index contributed by atoms with van der Waals surface area (Å²) in [6.07, 6.45) is 1.82. The highest BCUT2D eigenvalue weighted by Crippen LogP contribution is 2.42. The van der Waals surface area contributed by atoms with Crippen LogP contribution in [-0.2, 0) is 4.74 Å². The van der Waals surface area contributed by atoms with Crippen LogP contribution in [0.1, 0.15) is 55.1 Å². The Balaban J connectivity index is 2.18. The van der Waals surface area contributed by atoms with Crippen molar-refractivity contribution in [1.29, 1.82) is 5.26 Å². The zero-order valence-corrected chi connectivity index (χ0v) is 15.3. The molecule has 0 spiro atoms. The van der Waals surface area contributed by atoms with Crippen molar-refractivity contribution >= 4 is 17.2 Å². The van der Waals surface area contributed by atoms with Crippen LogP contribution in [0.2, 0.25) is 0 Å². The molecule has 0 aliphatic carbocycles. The van der Waals surface area contributed by atoms with Crippen LogP contribution in [-0.4, -0.2) is 22.2 Å². The van der Waals surface area contributed by atoms with E-state index in [9.17, 15) is 5.26 Å². The zero-order chi connectivity index (χ0) is 17.5. The number of nitriles is 1. The van der Waals surface area contributed by atoms with Gasteiger partial charge in [-0.25, -0.2) is 9.97 Å². The number of nitrogens with zero attached hydrogens (tertiary/aromatic N) is 3. The summed E-state index contributed by atoms with van der Waals surface area (Å²) < 4.78 is 5.83. The number of aryl methyl sites for hydroxylation is 1. The van der Waals surface area contributed by atoms with Crippen LogP contribution in [0.5, 0.6) is 0 Å². The van der Waals surface area contributed by atoms with Crippen molar-refractivity contribution in [2.75, 3.05) is 12.3 Å². The minimum Gasteiger partial charge on any atom is -0.383 e. The van der Waals surface area contributed by atoms with Crippen molar-refractivity contribution in [3.8, 4) is 16.5 Å². The Morgan fingerprint density at radius 1 is 1.42 bits per heavy atom.